The van der Waals surface area contributed by atoms with Crippen molar-refractivity contribution < 1.29 is 9.53 Å². The van der Waals surface area contributed by atoms with Gasteiger partial charge in [-0.2, -0.15) is 0 Å². The maximum absolute atomic E-state index is 12.6. The van der Waals surface area contributed by atoms with Gasteiger partial charge in [-0.3, -0.25) is 4.79 Å². The van der Waals surface area contributed by atoms with Crippen LogP contribution in [-0.2, 0) is 0 Å². The summed E-state index contributed by atoms with van der Waals surface area (Å²) in [5.74, 6) is 0.816. The van der Waals surface area contributed by atoms with E-state index in [1.54, 1.807) is 7.11 Å². The molecule has 1 aromatic heterocycles. The van der Waals surface area contributed by atoms with E-state index >= 15 is 0 Å². The molecule has 0 spiro atoms. The smallest absolute Gasteiger partial charge is 0.268 e. The molecule has 0 aliphatic carbocycles. The lowest BCUT2D eigenvalue weighted by atomic mass is 10.1. The van der Waals surface area contributed by atoms with Crippen LogP contribution in [0.2, 0.25) is 0 Å². The number of hydrogen-bond acceptors (Lipinski definition) is 3. The Morgan fingerprint density at radius 2 is 2.39 bits per heavy atom. The molecule has 2 rings (SSSR count). The maximum Gasteiger partial charge on any atom is 0.268 e. The first-order valence-electron chi connectivity index (χ1n) is 6.26. The molecular formula is C13H18BrNO2S. The summed E-state index contributed by atoms with van der Waals surface area (Å²) in [4.78, 5) is 15.3. The fourth-order valence-electron chi connectivity index (χ4n) is 2.35. The van der Waals surface area contributed by atoms with E-state index in [2.05, 4.69) is 15.9 Å². The second-order valence-electron chi connectivity index (χ2n) is 4.47. The molecule has 0 radical (unpaired) electrons. The predicted octanol–water partition coefficient (Wildman–Crippen LogP) is 3.54. The summed E-state index contributed by atoms with van der Waals surface area (Å²) in [6, 6.07) is 2.17. The molecule has 1 atom stereocenters. The van der Waals surface area contributed by atoms with Gasteiger partial charge in [0, 0.05) is 17.9 Å². The minimum absolute atomic E-state index is 0.119. The van der Waals surface area contributed by atoms with Gasteiger partial charge < -0.3 is 9.64 Å². The Morgan fingerprint density at radius 3 is 3.11 bits per heavy atom. The van der Waals surface area contributed by atoms with Crippen LogP contribution in [0.15, 0.2) is 11.4 Å². The minimum atomic E-state index is 0.119. The molecule has 1 aromatic rings. The molecular weight excluding hydrogens is 314 g/mol. The van der Waals surface area contributed by atoms with Gasteiger partial charge in [0.05, 0.1) is 7.11 Å². The summed E-state index contributed by atoms with van der Waals surface area (Å²) in [5.41, 5.74) is 0. The fraction of sp³-hybridized carbons (Fsp3) is 0.615. The van der Waals surface area contributed by atoms with Crippen LogP contribution in [0.4, 0.5) is 0 Å². The largest absolute Gasteiger partial charge is 0.495 e. The Hall–Kier alpha value is -0.550. The molecule has 1 amide bonds. The van der Waals surface area contributed by atoms with Gasteiger partial charge >= 0.3 is 0 Å². The number of thiophene rings is 1. The number of carbonyl (C=O) groups excluding carboxylic acids is 1. The molecule has 1 saturated heterocycles. The van der Waals surface area contributed by atoms with Crippen molar-refractivity contribution in [3.63, 3.8) is 0 Å². The van der Waals surface area contributed by atoms with E-state index in [1.807, 2.05) is 16.3 Å². The number of amides is 1. The van der Waals surface area contributed by atoms with Crippen LogP contribution >= 0.6 is 27.3 Å². The Kier molecular flexibility index (Phi) is 5.06. The van der Waals surface area contributed by atoms with E-state index in [9.17, 15) is 4.79 Å². The SMILES string of the molecule is COc1ccsc1C(=O)N1CCCCCC1CBr. The van der Waals surface area contributed by atoms with Crippen LogP contribution in [0, 0.1) is 0 Å². The van der Waals surface area contributed by atoms with E-state index in [4.69, 9.17) is 4.74 Å². The minimum Gasteiger partial charge on any atom is -0.495 e. The highest BCUT2D eigenvalue weighted by Crippen LogP contribution is 2.28. The van der Waals surface area contributed by atoms with Crippen LogP contribution in [0.3, 0.4) is 0 Å². The molecule has 3 nitrogen and oxygen atoms in total. The second kappa shape index (κ2) is 6.57. The molecule has 100 valence electrons. The van der Waals surface area contributed by atoms with Gasteiger partial charge in [-0.05, 0) is 24.3 Å². The normalized spacial score (nSPS) is 20.6. The summed E-state index contributed by atoms with van der Waals surface area (Å²) in [5, 5.41) is 2.76. The molecule has 1 aliphatic rings. The molecule has 0 bridgehead atoms. The van der Waals surface area contributed by atoms with Gasteiger partial charge in [-0.1, -0.05) is 28.8 Å². The highest BCUT2D eigenvalue weighted by Gasteiger charge is 2.27. The lowest BCUT2D eigenvalue weighted by Gasteiger charge is -2.28. The van der Waals surface area contributed by atoms with Crippen molar-refractivity contribution in [3.8, 4) is 5.75 Å². The van der Waals surface area contributed by atoms with Crippen molar-refractivity contribution in [2.75, 3.05) is 19.0 Å². The van der Waals surface area contributed by atoms with Gasteiger partial charge in [-0.25, -0.2) is 0 Å². The van der Waals surface area contributed by atoms with E-state index in [0.717, 1.165) is 29.6 Å². The lowest BCUT2D eigenvalue weighted by Crippen LogP contribution is -2.40. The third-order valence-electron chi connectivity index (χ3n) is 3.36. The fourth-order valence-corrected chi connectivity index (χ4v) is 3.84. The Bertz CT molecular complexity index is 407. The van der Waals surface area contributed by atoms with E-state index in [0.29, 0.717) is 11.8 Å². The molecule has 5 heteroatoms. The topological polar surface area (TPSA) is 29.5 Å². The first-order chi connectivity index (χ1) is 8.77. The Labute approximate surface area is 120 Å². The van der Waals surface area contributed by atoms with Crippen molar-refractivity contribution in [1.29, 1.82) is 0 Å². The summed E-state index contributed by atoms with van der Waals surface area (Å²) in [6.45, 7) is 0.857. The summed E-state index contributed by atoms with van der Waals surface area (Å²) >= 11 is 5.00. The van der Waals surface area contributed by atoms with Crippen molar-refractivity contribution in [2.24, 2.45) is 0 Å². The third kappa shape index (κ3) is 2.88. The Morgan fingerprint density at radius 1 is 1.56 bits per heavy atom. The molecule has 0 saturated carbocycles. The van der Waals surface area contributed by atoms with Crippen LogP contribution in [0.25, 0.3) is 0 Å². The highest BCUT2D eigenvalue weighted by atomic mass is 79.9. The van der Waals surface area contributed by atoms with Crippen LogP contribution in [0.1, 0.15) is 35.4 Å². The van der Waals surface area contributed by atoms with Gasteiger partial charge in [0.1, 0.15) is 10.6 Å². The van der Waals surface area contributed by atoms with Crippen LogP contribution in [0.5, 0.6) is 5.75 Å². The molecule has 1 unspecified atom stereocenters. The van der Waals surface area contributed by atoms with Crippen LogP contribution in [-0.4, -0.2) is 35.8 Å². The van der Waals surface area contributed by atoms with Gasteiger partial charge in [0.15, 0.2) is 0 Å². The predicted molar refractivity (Wildman–Crippen MR) is 78.0 cm³/mol. The van der Waals surface area contributed by atoms with E-state index in [-0.39, 0.29) is 5.91 Å². The number of alkyl halides is 1. The van der Waals surface area contributed by atoms with Gasteiger partial charge in [0.25, 0.3) is 5.91 Å². The Balaban J connectivity index is 2.20. The maximum atomic E-state index is 12.6. The molecule has 0 N–H and O–H groups in total. The van der Waals surface area contributed by atoms with Gasteiger partial charge in [0.2, 0.25) is 0 Å². The number of carbonyl (C=O) groups is 1. The molecule has 18 heavy (non-hydrogen) atoms. The van der Waals surface area contributed by atoms with Crippen LogP contribution < -0.4 is 4.74 Å². The van der Waals surface area contributed by atoms with Gasteiger partial charge in [-0.15, -0.1) is 11.3 Å². The van der Waals surface area contributed by atoms with Crippen molar-refractivity contribution in [2.45, 2.75) is 31.7 Å². The van der Waals surface area contributed by atoms with E-state index in [1.165, 1.54) is 24.2 Å². The number of likely N-dealkylation sites (tertiary alicyclic amines) is 1. The molecule has 1 fully saturated rings. The monoisotopic (exact) mass is 331 g/mol. The first-order valence-corrected chi connectivity index (χ1v) is 8.26. The zero-order valence-electron chi connectivity index (χ0n) is 10.5. The zero-order valence-corrected chi connectivity index (χ0v) is 12.9. The van der Waals surface area contributed by atoms with Crippen molar-refractivity contribution in [1.82, 2.24) is 4.90 Å². The van der Waals surface area contributed by atoms with E-state index < -0.39 is 0 Å². The number of rotatable bonds is 3. The number of methoxy groups -OCH3 is 1. The first kappa shape index (κ1) is 13.9. The highest BCUT2D eigenvalue weighted by molar-refractivity contribution is 9.09. The quantitative estimate of drug-likeness (QED) is 0.793. The molecule has 1 aliphatic heterocycles. The molecule has 2 heterocycles. The molecule has 0 aromatic carbocycles. The zero-order chi connectivity index (χ0) is 13.0. The lowest BCUT2D eigenvalue weighted by molar-refractivity contribution is 0.0704. The number of halogens is 1. The number of ether oxygens (including phenoxy) is 1. The van der Waals surface area contributed by atoms with Crippen molar-refractivity contribution in [3.05, 3.63) is 16.3 Å². The summed E-state index contributed by atoms with van der Waals surface area (Å²) in [7, 11) is 1.61. The second-order valence-corrected chi connectivity index (χ2v) is 6.04. The number of nitrogens with zero attached hydrogens (tertiary/aromatic N) is 1. The standard InChI is InChI=1S/C13H18BrNO2S/c1-17-11-6-8-18-12(11)13(16)15-7-4-2-3-5-10(15)9-14/h6,8,10H,2-5,7,9H2,1H3. The third-order valence-corrected chi connectivity index (χ3v) is 4.99. The average molecular weight is 332 g/mol. The summed E-state index contributed by atoms with van der Waals surface area (Å²) in [6.07, 6.45) is 4.62. The number of hydrogen-bond donors (Lipinski definition) is 0. The van der Waals surface area contributed by atoms with Crippen molar-refractivity contribution >= 4 is 33.2 Å². The summed E-state index contributed by atoms with van der Waals surface area (Å²) < 4.78 is 5.25. The average Bonchev–Trinajstić information content (AvgIpc) is 2.74.